The SMILES string of the molecule is COc1cc(-c2nc(SCc3ccc(Cl)cc3)cc(=O)[nH]2)ccc1OCC(C)(C)OC(=O)CN. The summed E-state index contributed by atoms with van der Waals surface area (Å²) in [6.45, 7) is 3.34. The number of ether oxygens (including phenoxy) is 3. The lowest BCUT2D eigenvalue weighted by molar-refractivity contribution is -0.157. The predicted octanol–water partition coefficient (Wildman–Crippen LogP) is 4.05. The van der Waals surface area contributed by atoms with Gasteiger partial charge in [0.1, 0.15) is 23.1 Å². The van der Waals surface area contributed by atoms with Crippen molar-refractivity contribution < 1.29 is 19.0 Å². The maximum atomic E-state index is 12.3. The van der Waals surface area contributed by atoms with Gasteiger partial charge in [0, 0.05) is 22.4 Å². The fourth-order valence-corrected chi connectivity index (χ4v) is 3.93. The number of carbonyl (C=O) groups is 1. The number of aromatic amines is 1. The molecule has 0 radical (unpaired) electrons. The van der Waals surface area contributed by atoms with E-state index in [4.69, 9.17) is 31.5 Å². The van der Waals surface area contributed by atoms with Crippen molar-refractivity contribution >= 4 is 29.3 Å². The van der Waals surface area contributed by atoms with E-state index in [0.717, 1.165) is 5.56 Å². The maximum Gasteiger partial charge on any atom is 0.320 e. The Bertz CT molecular complexity index is 1200. The molecule has 8 nitrogen and oxygen atoms in total. The standard InChI is InChI=1S/C24H26ClN3O5S/c1-24(2,33-22(30)12-26)14-32-18-9-6-16(10-19(18)31-3)23-27-20(29)11-21(28-23)34-13-15-4-7-17(25)8-5-15/h4-11H,12-14,26H2,1-3H3,(H,27,28,29). The number of carbonyl (C=O) groups excluding carboxylic acids is 1. The molecule has 0 atom stereocenters. The number of methoxy groups -OCH3 is 1. The fraction of sp³-hybridized carbons (Fsp3) is 0.292. The number of benzene rings is 2. The predicted molar refractivity (Wildman–Crippen MR) is 133 cm³/mol. The average Bonchev–Trinajstić information content (AvgIpc) is 2.81. The van der Waals surface area contributed by atoms with Gasteiger partial charge in [-0.05, 0) is 49.7 Å². The first-order valence-corrected chi connectivity index (χ1v) is 11.8. The quantitative estimate of drug-likeness (QED) is 0.242. The van der Waals surface area contributed by atoms with Gasteiger partial charge in [0.2, 0.25) is 0 Å². The van der Waals surface area contributed by atoms with E-state index >= 15 is 0 Å². The van der Waals surface area contributed by atoms with Gasteiger partial charge in [-0.2, -0.15) is 0 Å². The Hall–Kier alpha value is -3.01. The summed E-state index contributed by atoms with van der Waals surface area (Å²) >= 11 is 7.39. The Kier molecular flexibility index (Phi) is 8.60. The number of nitrogens with two attached hydrogens (primary N) is 1. The van der Waals surface area contributed by atoms with E-state index in [1.54, 1.807) is 32.0 Å². The van der Waals surface area contributed by atoms with Crippen LogP contribution in [-0.4, -0.2) is 41.8 Å². The second-order valence-corrected chi connectivity index (χ2v) is 9.37. The molecule has 2 aromatic carbocycles. The molecule has 3 N–H and O–H groups in total. The molecule has 0 unspecified atom stereocenters. The summed E-state index contributed by atoms with van der Waals surface area (Å²) in [5, 5.41) is 1.27. The summed E-state index contributed by atoms with van der Waals surface area (Å²) in [6.07, 6.45) is 0. The normalized spacial score (nSPS) is 11.2. The first kappa shape index (κ1) is 25.6. The third-order valence-electron chi connectivity index (χ3n) is 4.59. The number of hydrogen-bond donors (Lipinski definition) is 2. The van der Waals surface area contributed by atoms with Crippen molar-refractivity contribution in [1.82, 2.24) is 9.97 Å². The van der Waals surface area contributed by atoms with Crippen LogP contribution in [0.2, 0.25) is 5.02 Å². The van der Waals surface area contributed by atoms with E-state index in [-0.39, 0.29) is 18.7 Å². The third kappa shape index (κ3) is 7.24. The minimum Gasteiger partial charge on any atom is -0.493 e. The number of hydrogen-bond acceptors (Lipinski definition) is 8. The number of halogens is 1. The van der Waals surface area contributed by atoms with Gasteiger partial charge in [-0.1, -0.05) is 23.7 Å². The second-order valence-electron chi connectivity index (χ2n) is 7.94. The highest BCUT2D eigenvalue weighted by atomic mass is 35.5. The smallest absolute Gasteiger partial charge is 0.320 e. The number of nitrogens with zero attached hydrogens (tertiary/aromatic N) is 1. The average molecular weight is 504 g/mol. The first-order chi connectivity index (χ1) is 16.2. The van der Waals surface area contributed by atoms with Crippen LogP contribution in [0.25, 0.3) is 11.4 Å². The minimum atomic E-state index is -0.872. The van der Waals surface area contributed by atoms with Gasteiger partial charge in [-0.3, -0.25) is 9.59 Å². The highest BCUT2D eigenvalue weighted by Gasteiger charge is 2.24. The van der Waals surface area contributed by atoms with Crippen molar-refractivity contribution in [1.29, 1.82) is 0 Å². The first-order valence-electron chi connectivity index (χ1n) is 10.4. The van der Waals surface area contributed by atoms with Crippen LogP contribution in [0.3, 0.4) is 0 Å². The lowest BCUT2D eigenvalue weighted by Crippen LogP contribution is -2.37. The zero-order valence-corrected chi connectivity index (χ0v) is 20.7. The molecule has 0 aliphatic heterocycles. The number of H-pyrrole nitrogens is 1. The molecule has 0 aliphatic carbocycles. The zero-order chi connectivity index (χ0) is 24.7. The number of esters is 1. The van der Waals surface area contributed by atoms with E-state index in [1.807, 2.05) is 24.3 Å². The highest BCUT2D eigenvalue weighted by molar-refractivity contribution is 7.98. The summed E-state index contributed by atoms with van der Waals surface area (Å²) in [6, 6.07) is 14.2. The second kappa shape index (κ2) is 11.4. The van der Waals surface area contributed by atoms with Crippen LogP contribution < -0.4 is 20.8 Å². The summed E-state index contributed by atoms with van der Waals surface area (Å²) < 4.78 is 16.6. The Morgan fingerprint density at radius 2 is 1.88 bits per heavy atom. The van der Waals surface area contributed by atoms with Crippen LogP contribution in [0.15, 0.2) is 58.4 Å². The van der Waals surface area contributed by atoms with E-state index in [0.29, 0.717) is 38.7 Å². The molecule has 0 saturated heterocycles. The lowest BCUT2D eigenvalue weighted by Gasteiger charge is -2.25. The molecular formula is C24H26ClN3O5S. The van der Waals surface area contributed by atoms with Gasteiger partial charge in [0.05, 0.1) is 13.7 Å². The topological polar surface area (TPSA) is 117 Å². The number of aromatic nitrogens is 2. The molecule has 34 heavy (non-hydrogen) atoms. The largest absolute Gasteiger partial charge is 0.493 e. The molecule has 3 aromatic rings. The van der Waals surface area contributed by atoms with Crippen LogP contribution in [0.4, 0.5) is 0 Å². The van der Waals surface area contributed by atoms with Crippen LogP contribution >= 0.6 is 23.4 Å². The molecule has 0 aliphatic rings. The Labute approximate surface area is 206 Å². The van der Waals surface area contributed by atoms with Crippen LogP contribution in [0, 0.1) is 0 Å². The Balaban J connectivity index is 1.75. The molecule has 0 saturated carbocycles. The van der Waals surface area contributed by atoms with Gasteiger partial charge in [-0.15, -0.1) is 11.8 Å². The van der Waals surface area contributed by atoms with Crippen molar-refractivity contribution in [3.63, 3.8) is 0 Å². The van der Waals surface area contributed by atoms with Crippen molar-refractivity contribution in [2.24, 2.45) is 5.73 Å². The van der Waals surface area contributed by atoms with Crippen molar-refractivity contribution in [3.8, 4) is 22.9 Å². The van der Waals surface area contributed by atoms with Crippen molar-refractivity contribution in [3.05, 3.63) is 69.5 Å². The molecule has 1 heterocycles. The van der Waals surface area contributed by atoms with Gasteiger partial charge in [0.25, 0.3) is 5.56 Å². The molecule has 1 aromatic heterocycles. The molecule has 10 heteroatoms. The molecule has 3 rings (SSSR count). The summed E-state index contributed by atoms with van der Waals surface area (Å²) in [4.78, 5) is 31.1. The lowest BCUT2D eigenvalue weighted by atomic mass is 10.1. The molecular weight excluding hydrogens is 478 g/mol. The van der Waals surface area contributed by atoms with Crippen LogP contribution in [0.5, 0.6) is 11.5 Å². The Morgan fingerprint density at radius 1 is 1.15 bits per heavy atom. The summed E-state index contributed by atoms with van der Waals surface area (Å²) in [7, 11) is 1.51. The van der Waals surface area contributed by atoms with E-state index in [2.05, 4.69) is 9.97 Å². The van der Waals surface area contributed by atoms with Gasteiger partial charge in [0.15, 0.2) is 11.5 Å². The van der Waals surface area contributed by atoms with Crippen molar-refractivity contribution in [2.75, 3.05) is 20.3 Å². The molecule has 0 fully saturated rings. The maximum absolute atomic E-state index is 12.3. The van der Waals surface area contributed by atoms with E-state index in [1.165, 1.54) is 24.9 Å². The number of thioether (sulfide) groups is 1. The fourth-order valence-electron chi connectivity index (χ4n) is 2.95. The number of rotatable bonds is 10. The van der Waals surface area contributed by atoms with Gasteiger partial charge >= 0.3 is 5.97 Å². The number of nitrogens with one attached hydrogen (secondary N) is 1. The van der Waals surface area contributed by atoms with Crippen molar-refractivity contribution in [2.45, 2.75) is 30.2 Å². The van der Waals surface area contributed by atoms with Gasteiger partial charge in [-0.25, -0.2) is 4.98 Å². The molecule has 0 amide bonds. The molecule has 0 spiro atoms. The molecule has 0 bridgehead atoms. The monoisotopic (exact) mass is 503 g/mol. The van der Waals surface area contributed by atoms with Crippen LogP contribution in [-0.2, 0) is 15.3 Å². The third-order valence-corrected chi connectivity index (χ3v) is 5.82. The van der Waals surface area contributed by atoms with Gasteiger partial charge < -0.3 is 24.9 Å². The van der Waals surface area contributed by atoms with E-state index in [9.17, 15) is 9.59 Å². The highest BCUT2D eigenvalue weighted by Crippen LogP contribution is 2.32. The van der Waals surface area contributed by atoms with Crippen LogP contribution in [0.1, 0.15) is 19.4 Å². The van der Waals surface area contributed by atoms with E-state index < -0.39 is 11.6 Å². The zero-order valence-electron chi connectivity index (χ0n) is 19.1. The Morgan fingerprint density at radius 3 is 2.56 bits per heavy atom. The summed E-state index contributed by atoms with van der Waals surface area (Å²) in [5.41, 5.74) is 5.90. The summed E-state index contributed by atoms with van der Waals surface area (Å²) in [5.74, 6) is 1.44. The molecule has 180 valence electrons. The minimum absolute atomic E-state index is 0.0976.